The second kappa shape index (κ2) is 6.59. The van der Waals surface area contributed by atoms with E-state index in [0.29, 0.717) is 0 Å². The Morgan fingerprint density at radius 2 is 1.59 bits per heavy atom. The molecule has 0 bridgehead atoms. The molecule has 2 nitrogen and oxygen atoms in total. The van der Waals surface area contributed by atoms with Crippen molar-refractivity contribution in [1.29, 1.82) is 0 Å². The predicted octanol–water partition coefficient (Wildman–Crippen LogP) is 7.28. The van der Waals surface area contributed by atoms with Crippen LogP contribution in [0.5, 0.6) is 0 Å². The summed E-state index contributed by atoms with van der Waals surface area (Å²) in [6, 6.07) is 27.6. The number of furan rings is 1. The van der Waals surface area contributed by atoms with Gasteiger partial charge in [-0.25, -0.2) is 0 Å². The van der Waals surface area contributed by atoms with Crippen LogP contribution >= 0.6 is 0 Å². The summed E-state index contributed by atoms with van der Waals surface area (Å²) in [4.78, 5) is 4.57. The molecule has 5 rings (SSSR count). The van der Waals surface area contributed by atoms with Crippen LogP contribution < -0.4 is 0 Å². The second-order valence-corrected chi connectivity index (χ2v) is 8.20. The zero-order valence-corrected chi connectivity index (χ0v) is 16.9. The highest BCUT2D eigenvalue weighted by Gasteiger charge is 2.24. The lowest BCUT2D eigenvalue weighted by Gasteiger charge is -2.26. The number of benzene rings is 3. The number of aromatic nitrogens is 1. The van der Waals surface area contributed by atoms with Gasteiger partial charge in [-0.15, -0.1) is 0 Å². The lowest BCUT2D eigenvalue weighted by molar-refractivity contribution is 0.633. The van der Waals surface area contributed by atoms with Gasteiger partial charge in [0, 0.05) is 27.9 Å². The minimum absolute atomic E-state index is 0.102. The van der Waals surface area contributed by atoms with Crippen molar-refractivity contribution in [3.05, 3.63) is 102 Å². The monoisotopic (exact) mass is 377 g/mol. The van der Waals surface area contributed by atoms with Crippen LogP contribution in [0.1, 0.15) is 30.5 Å². The van der Waals surface area contributed by atoms with Gasteiger partial charge in [0.1, 0.15) is 11.2 Å². The Morgan fingerprint density at radius 1 is 0.759 bits per heavy atom. The number of pyridine rings is 1. The molecule has 2 aromatic heterocycles. The van der Waals surface area contributed by atoms with Crippen LogP contribution in [0.3, 0.4) is 0 Å². The average Bonchev–Trinajstić information content (AvgIpc) is 3.12. The molecule has 0 aliphatic carbocycles. The summed E-state index contributed by atoms with van der Waals surface area (Å²) in [7, 11) is 0. The first kappa shape index (κ1) is 17.7. The minimum Gasteiger partial charge on any atom is -0.455 e. The number of nitrogens with zero attached hydrogens (tertiary/aromatic N) is 1. The molecule has 0 N–H and O–H groups in total. The Labute approximate surface area is 170 Å². The summed E-state index contributed by atoms with van der Waals surface area (Å²) in [6.45, 7) is 6.60. The van der Waals surface area contributed by atoms with Gasteiger partial charge in [0.05, 0.1) is 5.69 Å². The van der Waals surface area contributed by atoms with Crippen molar-refractivity contribution in [3.63, 3.8) is 0 Å². The van der Waals surface area contributed by atoms with E-state index in [-0.39, 0.29) is 5.41 Å². The first-order chi connectivity index (χ1) is 14.0. The molecule has 0 spiro atoms. The standard InChI is InChI=1S/C27H23NO/c1-18-14-15-28-24(16-18)23-11-7-10-22-21-13-12-20(17-25(21)29-26(22)23)27(2,3)19-8-5-4-6-9-19/h4-17H,1-3H3. The van der Waals surface area contributed by atoms with Gasteiger partial charge in [-0.05, 0) is 47.9 Å². The van der Waals surface area contributed by atoms with E-state index < -0.39 is 0 Å². The van der Waals surface area contributed by atoms with E-state index in [4.69, 9.17) is 4.42 Å². The summed E-state index contributed by atoms with van der Waals surface area (Å²) >= 11 is 0. The Balaban J connectivity index is 1.70. The van der Waals surface area contributed by atoms with E-state index in [1.165, 1.54) is 16.7 Å². The fraction of sp³-hybridized carbons (Fsp3) is 0.148. The van der Waals surface area contributed by atoms with Crippen LogP contribution in [-0.2, 0) is 5.41 Å². The molecule has 0 aliphatic heterocycles. The fourth-order valence-corrected chi connectivity index (χ4v) is 4.09. The highest BCUT2D eigenvalue weighted by molar-refractivity contribution is 6.09. The molecular weight excluding hydrogens is 354 g/mol. The number of rotatable bonds is 3. The third-order valence-electron chi connectivity index (χ3n) is 5.91. The first-order valence-electron chi connectivity index (χ1n) is 9.98. The first-order valence-corrected chi connectivity index (χ1v) is 9.98. The maximum absolute atomic E-state index is 6.41. The molecule has 0 aliphatic rings. The largest absolute Gasteiger partial charge is 0.455 e. The van der Waals surface area contributed by atoms with E-state index in [1.54, 1.807) is 0 Å². The SMILES string of the molecule is Cc1ccnc(-c2cccc3c2oc2cc(C(C)(C)c4ccccc4)ccc23)c1. The van der Waals surface area contributed by atoms with Crippen LogP contribution in [0.15, 0.2) is 89.5 Å². The third-order valence-corrected chi connectivity index (χ3v) is 5.91. The van der Waals surface area contributed by atoms with Gasteiger partial charge in [0.15, 0.2) is 0 Å². The minimum atomic E-state index is -0.102. The molecule has 0 radical (unpaired) electrons. The van der Waals surface area contributed by atoms with Gasteiger partial charge in [0.2, 0.25) is 0 Å². The fourth-order valence-electron chi connectivity index (χ4n) is 4.09. The van der Waals surface area contributed by atoms with E-state index >= 15 is 0 Å². The molecule has 3 aromatic carbocycles. The van der Waals surface area contributed by atoms with Gasteiger partial charge in [-0.1, -0.05) is 68.4 Å². The van der Waals surface area contributed by atoms with Gasteiger partial charge in [0.25, 0.3) is 0 Å². The average molecular weight is 377 g/mol. The Hall–Kier alpha value is -3.39. The second-order valence-electron chi connectivity index (χ2n) is 8.20. The van der Waals surface area contributed by atoms with Gasteiger partial charge in [-0.3, -0.25) is 4.98 Å². The van der Waals surface area contributed by atoms with Crippen LogP contribution in [0.25, 0.3) is 33.2 Å². The van der Waals surface area contributed by atoms with Crippen LogP contribution in [0.2, 0.25) is 0 Å². The van der Waals surface area contributed by atoms with E-state index in [9.17, 15) is 0 Å². The number of aryl methyl sites for hydroxylation is 1. The van der Waals surface area contributed by atoms with Crippen LogP contribution in [0, 0.1) is 6.92 Å². The lowest BCUT2D eigenvalue weighted by Crippen LogP contribution is -2.18. The molecule has 0 atom stereocenters. The van der Waals surface area contributed by atoms with Gasteiger partial charge >= 0.3 is 0 Å². The van der Waals surface area contributed by atoms with Crippen molar-refractivity contribution in [2.75, 3.05) is 0 Å². The topological polar surface area (TPSA) is 26.0 Å². The highest BCUT2D eigenvalue weighted by Crippen LogP contribution is 2.38. The predicted molar refractivity (Wildman–Crippen MR) is 120 cm³/mol. The smallest absolute Gasteiger partial charge is 0.144 e. The third kappa shape index (κ3) is 2.92. The van der Waals surface area contributed by atoms with E-state index in [0.717, 1.165) is 33.2 Å². The zero-order chi connectivity index (χ0) is 20.0. The number of hydrogen-bond acceptors (Lipinski definition) is 2. The quantitative estimate of drug-likeness (QED) is 0.330. The number of hydrogen-bond donors (Lipinski definition) is 0. The molecule has 0 saturated carbocycles. The zero-order valence-electron chi connectivity index (χ0n) is 16.9. The molecule has 0 fully saturated rings. The molecular formula is C27H23NO. The Kier molecular flexibility index (Phi) is 4.02. The Morgan fingerprint density at radius 3 is 2.38 bits per heavy atom. The molecule has 0 unspecified atom stereocenters. The number of para-hydroxylation sites is 1. The molecule has 5 aromatic rings. The van der Waals surface area contributed by atoms with E-state index in [2.05, 4.69) is 98.6 Å². The van der Waals surface area contributed by atoms with Crippen molar-refractivity contribution in [3.8, 4) is 11.3 Å². The molecule has 0 saturated heterocycles. The van der Waals surface area contributed by atoms with Crippen LogP contribution in [0.4, 0.5) is 0 Å². The normalized spacial score (nSPS) is 12.0. The molecule has 2 heterocycles. The van der Waals surface area contributed by atoms with Crippen LogP contribution in [-0.4, -0.2) is 4.98 Å². The van der Waals surface area contributed by atoms with Crippen molar-refractivity contribution in [1.82, 2.24) is 4.98 Å². The van der Waals surface area contributed by atoms with Crippen molar-refractivity contribution in [2.45, 2.75) is 26.2 Å². The number of fused-ring (bicyclic) bond motifs is 3. The highest BCUT2D eigenvalue weighted by atomic mass is 16.3. The van der Waals surface area contributed by atoms with Crippen molar-refractivity contribution >= 4 is 21.9 Å². The van der Waals surface area contributed by atoms with Gasteiger partial charge in [-0.2, -0.15) is 0 Å². The van der Waals surface area contributed by atoms with Gasteiger partial charge < -0.3 is 4.42 Å². The molecule has 0 amide bonds. The summed E-state index contributed by atoms with van der Waals surface area (Å²) in [5.74, 6) is 0. The summed E-state index contributed by atoms with van der Waals surface area (Å²) in [5, 5.41) is 2.27. The summed E-state index contributed by atoms with van der Waals surface area (Å²) in [5.41, 5.74) is 7.42. The maximum atomic E-state index is 6.41. The summed E-state index contributed by atoms with van der Waals surface area (Å²) in [6.07, 6.45) is 1.85. The van der Waals surface area contributed by atoms with E-state index in [1.807, 2.05) is 12.3 Å². The van der Waals surface area contributed by atoms with Crippen molar-refractivity contribution < 1.29 is 4.42 Å². The Bertz CT molecular complexity index is 1330. The summed E-state index contributed by atoms with van der Waals surface area (Å²) < 4.78 is 6.41. The maximum Gasteiger partial charge on any atom is 0.144 e. The van der Waals surface area contributed by atoms with Crippen molar-refractivity contribution in [2.24, 2.45) is 0 Å². The lowest BCUT2D eigenvalue weighted by atomic mass is 9.78. The molecule has 142 valence electrons. The molecule has 2 heteroatoms. The molecule has 29 heavy (non-hydrogen) atoms.